The molecule has 0 aliphatic heterocycles. The highest BCUT2D eigenvalue weighted by Gasteiger charge is 2.23. The third-order valence-electron chi connectivity index (χ3n) is 15.4. The van der Waals surface area contributed by atoms with Crippen LogP contribution in [0.4, 0.5) is 62.6 Å². The summed E-state index contributed by atoms with van der Waals surface area (Å²) in [5, 5.41) is 5.21. The van der Waals surface area contributed by atoms with Crippen molar-refractivity contribution in [3.8, 4) is 44.5 Å². The minimum atomic E-state index is 0. The van der Waals surface area contributed by atoms with E-state index < -0.39 is 0 Å². The van der Waals surface area contributed by atoms with Crippen LogP contribution in [0.25, 0.3) is 44.5 Å². The average molecular weight is 1250 g/mol. The molecule has 0 aliphatic carbocycles. The Bertz CT molecular complexity index is 4270. The Morgan fingerprint density at radius 2 is 0.391 bits per heavy atom. The van der Waals surface area contributed by atoms with Gasteiger partial charge in [0.15, 0.2) is 0 Å². The molecule has 0 atom stereocenters. The normalized spacial score (nSPS) is 10.5. The fourth-order valence-electron chi connectivity index (χ4n) is 10.9. The molecule has 14 aromatic rings. The van der Waals surface area contributed by atoms with Crippen LogP contribution in [-0.2, 0) is 0 Å². The summed E-state index contributed by atoms with van der Waals surface area (Å²) >= 11 is 20.1. The summed E-state index contributed by atoms with van der Waals surface area (Å²) in [6.45, 7) is 0. The Labute approximate surface area is 556 Å². The van der Waals surface area contributed by atoms with Gasteiger partial charge >= 0.3 is 0 Å². The molecule has 0 radical (unpaired) electrons. The van der Waals surface area contributed by atoms with Crippen LogP contribution in [0.15, 0.2) is 376 Å². The zero-order chi connectivity index (χ0) is 62.0. The molecule has 0 heterocycles. The largest absolute Gasteiger partial charge is 0.356 e. The van der Waals surface area contributed by atoms with Crippen LogP contribution >= 0.6 is 34.8 Å². The van der Waals surface area contributed by atoms with Crippen LogP contribution in [0, 0.1) is 0 Å². The Balaban J connectivity index is 0.000000155. The van der Waals surface area contributed by atoms with Crippen LogP contribution < -0.4 is 20.0 Å². The second-order valence-corrected chi connectivity index (χ2v) is 22.5. The minimum absolute atomic E-state index is 0. The molecular weight excluding hydrogens is 1180 g/mol. The first-order valence-corrected chi connectivity index (χ1v) is 31.3. The van der Waals surface area contributed by atoms with Crippen molar-refractivity contribution in [2.45, 2.75) is 7.43 Å². The van der Waals surface area contributed by atoms with Crippen LogP contribution in [0.3, 0.4) is 0 Å². The van der Waals surface area contributed by atoms with Crippen molar-refractivity contribution in [3.63, 3.8) is 0 Å². The third kappa shape index (κ3) is 15.4. The standard InChI is InChI=1S/C42H31ClN2.C24H19N.C18H13Cl2N.CH4/c43-42-40(44(36-18-9-3-10-19-36)37-20-11-4-12-21-37)22-13-23-41(42)45(38-28-24-34(25-29-38)32-14-5-1-6-15-32)39-30-26-35(27-31-39)33-16-7-2-8-17-33;1-3-7-19(8-4-1)21-11-15-23(16-12-21)25-24-17-13-22(14-18-24)20-9-5-2-6-10-20;19-16-12-7-13-17(18(16)20)21(14-8-3-1-4-9-14)15-10-5-2-6-11-15;/h1-31H;1-18,25H;1-13H;1H4. The van der Waals surface area contributed by atoms with E-state index in [0.717, 1.165) is 73.7 Å². The van der Waals surface area contributed by atoms with E-state index in [4.69, 9.17) is 34.8 Å². The lowest BCUT2D eigenvalue weighted by molar-refractivity contribution is 1.25. The lowest BCUT2D eigenvalue weighted by atomic mass is 10.0. The summed E-state index contributed by atoms with van der Waals surface area (Å²) in [5.74, 6) is 0. The zero-order valence-corrected chi connectivity index (χ0v) is 52.0. The van der Waals surface area contributed by atoms with E-state index >= 15 is 0 Å². The number of para-hydroxylation sites is 4. The lowest BCUT2D eigenvalue weighted by Gasteiger charge is -2.31. The first-order valence-electron chi connectivity index (χ1n) is 30.1. The van der Waals surface area contributed by atoms with Gasteiger partial charge in [0.25, 0.3) is 0 Å². The molecule has 0 fully saturated rings. The van der Waals surface area contributed by atoms with Crippen LogP contribution in [0.5, 0.6) is 0 Å². The quantitative estimate of drug-likeness (QED) is 0.110. The number of benzene rings is 14. The van der Waals surface area contributed by atoms with E-state index in [1.54, 1.807) is 6.07 Å². The lowest BCUT2D eigenvalue weighted by Crippen LogP contribution is -2.14. The average Bonchev–Trinajstić information content (AvgIpc) is 2.41. The Morgan fingerprint density at radius 1 is 0.185 bits per heavy atom. The zero-order valence-electron chi connectivity index (χ0n) is 49.8. The van der Waals surface area contributed by atoms with Crippen molar-refractivity contribution in [1.82, 2.24) is 0 Å². The predicted molar refractivity (Wildman–Crippen MR) is 397 cm³/mol. The van der Waals surface area contributed by atoms with E-state index in [0.29, 0.717) is 15.1 Å². The highest BCUT2D eigenvalue weighted by molar-refractivity contribution is 6.44. The summed E-state index contributed by atoms with van der Waals surface area (Å²) in [7, 11) is 0. The number of anilines is 11. The van der Waals surface area contributed by atoms with Gasteiger partial charge in [-0.2, -0.15) is 0 Å². The van der Waals surface area contributed by atoms with E-state index in [9.17, 15) is 0 Å². The van der Waals surface area contributed by atoms with Gasteiger partial charge in [-0.3, -0.25) is 0 Å². The van der Waals surface area contributed by atoms with Gasteiger partial charge < -0.3 is 20.0 Å². The van der Waals surface area contributed by atoms with E-state index in [-0.39, 0.29) is 7.43 Å². The number of halogens is 3. The monoisotopic (exact) mass is 1250 g/mol. The summed E-state index contributed by atoms with van der Waals surface area (Å²) < 4.78 is 0. The molecule has 0 unspecified atom stereocenters. The number of nitrogens with one attached hydrogen (secondary N) is 1. The fraction of sp³-hybridized carbons (Fsp3) is 0.0118. The van der Waals surface area contributed by atoms with Crippen molar-refractivity contribution < 1.29 is 0 Å². The third-order valence-corrected chi connectivity index (χ3v) is 16.6. The first-order chi connectivity index (χ1) is 44.9. The van der Waals surface area contributed by atoms with Crippen molar-refractivity contribution in [3.05, 3.63) is 391 Å². The smallest absolute Gasteiger partial charge is 0.0887 e. The summed E-state index contributed by atoms with van der Waals surface area (Å²) in [6, 6.07) is 129. The fourth-order valence-corrected chi connectivity index (χ4v) is 11.6. The molecule has 4 nitrogen and oxygen atoms in total. The molecule has 92 heavy (non-hydrogen) atoms. The van der Waals surface area contributed by atoms with Crippen molar-refractivity contribution >= 4 is 97.4 Å². The molecule has 448 valence electrons. The maximum Gasteiger partial charge on any atom is 0.0887 e. The van der Waals surface area contributed by atoms with Gasteiger partial charge in [0.1, 0.15) is 0 Å². The van der Waals surface area contributed by atoms with Gasteiger partial charge in [-0.25, -0.2) is 0 Å². The number of hydrogen-bond donors (Lipinski definition) is 1. The molecule has 0 spiro atoms. The van der Waals surface area contributed by atoms with E-state index in [1.165, 1.54) is 33.4 Å². The molecule has 0 bridgehead atoms. The SMILES string of the molecule is C.Clc1c(N(c2ccccc2)c2ccccc2)cccc1N(c1ccc(-c2ccccc2)cc1)c1ccc(-c2ccccc2)cc1.Clc1cccc(N(c2ccccc2)c2ccccc2)c1Cl.c1ccc(-c2ccc(Nc3ccc(-c4ccccc4)cc3)cc2)cc1. The predicted octanol–water partition coefficient (Wildman–Crippen LogP) is 26.5. The number of hydrogen-bond acceptors (Lipinski definition) is 4. The maximum absolute atomic E-state index is 7.47. The Kier molecular flexibility index (Phi) is 21.2. The molecular formula is C85H67Cl3N4. The summed E-state index contributed by atoms with van der Waals surface area (Å²) in [4.78, 5) is 6.54. The molecule has 0 aromatic heterocycles. The van der Waals surface area contributed by atoms with E-state index in [2.05, 4.69) is 281 Å². The second kappa shape index (κ2) is 31.1. The highest BCUT2D eigenvalue weighted by Crippen LogP contribution is 2.47. The number of nitrogens with zero attached hydrogens (tertiary/aromatic N) is 3. The van der Waals surface area contributed by atoms with Crippen LogP contribution in [0.1, 0.15) is 7.43 Å². The van der Waals surface area contributed by atoms with Crippen molar-refractivity contribution in [2.24, 2.45) is 0 Å². The van der Waals surface area contributed by atoms with Gasteiger partial charge in [0.2, 0.25) is 0 Å². The maximum atomic E-state index is 7.47. The molecule has 0 aliphatic rings. The highest BCUT2D eigenvalue weighted by atomic mass is 35.5. The topological polar surface area (TPSA) is 21.8 Å². The van der Waals surface area contributed by atoms with Gasteiger partial charge in [0.05, 0.1) is 32.1 Å². The molecule has 0 amide bonds. The molecule has 0 saturated carbocycles. The van der Waals surface area contributed by atoms with Gasteiger partial charge in [-0.05, 0) is 166 Å². The molecule has 14 aromatic carbocycles. The van der Waals surface area contributed by atoms with Gasteiger partial charge in [-0.15, -0.1) is 0 Å². The van der Waals surface area contributed by atoms with Gasteiger partial charge in [-0.1, -0.05) is 297 Å². The first kappa shape index (κ1) is 62.7. The van der Waals surface area contributed by atoms with E-state index in [1.807, 2.05) is 109 Å². The molecule has 7 heteroatoms. The Morgan fingerprint density at radius 3 is 0.663 bits per heavy atom. The molecule has 1 N–H and O–H groups in total. The van der Waals surface area contributed by atoms with Crippen molar-refractivity contribution in [2.75, 3.05) is 20.0 Å². The number of rotatable bonds is 15. The van der Waals surface area contributed by atoms with Crippen molar-refractivity contribution in [1.29, 1.82) is 0 Å². The van der Waals surface area contributed by atoms with Crippen LogP contribution in [-0.4, -0.2) is 0 Å². The summed E-state index contributed by atoms with van der Waals surface area (Å²) in [5.41, 5.74) is 20.6. The molecule has 14 rings (SSSR count). The summed E-state index contributed by atoms with van der Waals surface area (Å²) in [6.07, 6.45) is 0. The Hall–Kier alpha value is -10.9. The second-order valence-electron chi connectivity index (χ2n) is 21.4. The molecule has 0 saturated heterocycles. The van der Waals surface area contributed by atoms with Gasteiger partial charge in [0, 0.05) is 45.5 Å². The minimum Gasteiger partial charge on any atom is -0.356 e. The van der Waals surface area contributed by atoms with Crippen LogP contribution in [0.2, 0.25) is 15.1 Å².